The van der Waals surface area contributed by atoms with Gasteiger partial charge in [0.15, 0.2) is 0 Å². The molecular formula is C11H18N2. The van der Waals surface area contributed by atoms with Crippen molar-refractivity contribution in [2.45, 2.75) is 27.7 Å². The maximum atomic E-state index is 3.96. The van der Waals surface area contributed by atoms with E-state index in [2.05, 4.69) is 4.98 Å². The zero-order valence-corrected chi connectivity index (χ0v) is 8.86. The van der Waals surface area contributed by atoms with Crippen molar-refractivity contribution in [3.63, 3.8) is 0 Å². The highest BCUT2D eigenvalue weighted by molar-refractivity contribution is 5.43. The quantitative estimate of drug-likeness (QED) is 0.604. The second-order valence-corrected chi connectivity index (χ2v) is 1.93. The number of fused-ring (bicyclic) bond motifs is 1. The van der Waals surface area contributed by atoms with Gasteiger partial charge in [0.05, 0.1) is 18.0 Å². The smallest absolute Gasteiger partial charge is 0.0991 e. The van der Waals surface area contributed by atoms with E-state index in [1.807, 2.05) is 62.7 Å². The molecule has 0 atom stereocenters. The van der Waals surface area contributed by atoms with Gasteiger partial charge in [-0.3, -0.25) is 0 Å². The number of hydrogen-bond acceptors (Lipinski definition) is 1. The first-order valence-corrected chi connectivity index (χ1v) is 4.83. The van der Waals surface area contributed by atoms with Gasteiger partial charge < -0.3 is 4.40 Å². The highest BCUT2D eigenvalue weighted by atomic mass is 15.0. The lowest BCUT2D eigenvalue weighted by Gasteiger charge is -1.86. The molecule has 2 rings (SSSR count). The Morgan fingerprint density at radius 2 is 1.77 bits per heavy atom. The Balaban J connectivity index is 0.000000322. The zero-order valence-electron chi connectivity index (χ0n) is 8.86. The summed E-state index contributed by atoms with van der Waals surface area (Å²) in [6.07, 6.45) is 5.59. The molecule has 2 nitrogen and oxygen atoms in total. The minimum atomic E-state index is 1.14. The number of imidazole rings is 1. The molecule has 72 valence electrons. The Morgan fingerprint density at radius 1 is 1.08 bits per heavy atom. The average Bonchev–Trinajstić information content (AvgIpc) is 2.71. The van der Waals surface area contributed by atoms with E-state index >= 15 is 0 Å². The largest absolute Gasteiger partial charge is 0.306 e. The Labute approximate surface area is 80.2 Å². The van der Waals surface area contributed by atoms with E-state index in [0.29, 0.717) is 0 Å². The molecule has 0 unspecified atom stereocenters. The van der Waals surface area contributed by atoms with Crippen molar-refractivity contribution in [2.24, 2.45) is 0 Å². The van der Waals surface area contributed by atoms with Gasteiger partial charge in [-0.15, -0.1) is 0 Å². The number of rotatable bonds is 0. The van der Waals surface area contributed by atoms with Crippen molar-refractivity contribution in [2.75, 3.05) is 0 Å². The minimum absolute atomic E-state index is 1.14. The fourth-order valence-electron chi connectivity index (χ4n) is 0.865. The van der Waals surface area contributed by atoms with E-state index in [1.165, 1.54) is 0 Å². The molecule has 2 aromatic heterocycles. The summed E-state index contributed by atoms with van der Waals surface area (Å²) in [7, 11) is 0. The summed E-state index contributed by atoms with van der Waals surface area (Å²) in [6, 6.07) is 6.00. The molecule has 0 aliphatic heterocycles. The van der Waals surface area contributed by atoms with E-state index in [0.717, 1.165) is 5.52 Å². The summed E-state index contributed by atoms with van der Waals surface area (Å²) in [4.78, 5) is 3.96. The summed E-state index contributed by atoms with van der Waals surface area (Å²) < 4.78 is 1.97. The van der Waals surface area contributed by atoms with E-state index in [4.69, 9.17) is 0 Å². The lowest BCUT2D eigenvalue weighted by atomic mass is 10.4. The number of aromatic nitrogens is 2. The first kappa shape index (κ1) is 11.7. The van der Waals surface area contributed by atoms with Crippen molar-refractivity contribution in [3.05, 3.63) is 36.9 Å². The van der Waals surface area contributed by atoms with E-state index in [-0.39, 0.29) is 0 Å². The van der Waals surface area contributed by atoms with Gasteiger partial charge in [0.2, 0.25) is 0 Å². The zero-order chi connectivity index (χ0) is 10.1. The van der Waals surface area contributed by atoms with Gasteiger partial charge in [0, 0.05) is 6.20 Å². The first-order valence-electron chi connectivity index (χ1n) is 4.83. The van der Waals surface area contributed by atoms with Gasteiger partial charge in [-0.05, 0) is 12.1 Å². The monoisotopic (exact) mass is 178 g/mol. The van der Waals surface area contributed by atoms with Crippen LogP contribution in [0.2, 0.25) is 0 Å². The first-order chi connectivity index (χ1) is 6.47. The van der Waals surface area contributed by atoms with Gasteiger partial charge in [0.25, 0.3) is 0 Å². The maximum Gasteiger partial charge on any atom is 0.0991 e. The van der Waals surface area contributed by atoms with Gasteiger partial charge in [-0.2, -0.15) is 0 Å². The summed E-state index contributed by atoms with van der Waals surface area (Å²) in [5.74, 6) is 0. The summed E-state index contributed by atoms with van der Waals surface area (Å²) in [6.45, 7) is 8.00. The molecular weight excluding hydrogens is 160 g/mol. The van der Waals surface area contributed by atoms with Gasteiger partial charge in [-0.25, -0.2) is 4.98 Å². The second kappa shape index (κ2) is 7.35. The molecule has 0 spiro atoms. The topological polar surface area (TPSA) is 17.3 Å². The van der Waals surface area contributed by atoms with Crippen LogP contribution in [0.4, 0.5) is 0 Å². The van der Waals surface area contributed by atoms with Crippen LogP contribution in [0.3, 0.4) is 0 Å². The number of nitrogens with zero attached hydrogens (tertiary/aromatic N) is 2. The molecule has 0 saturated heterocycles. The molecule has 0 saturated carbocycles. The fourth-order valence-corrected chi connectivity index (χ4v) is 0.865. The van der Waals surface area contributed by atoms with Crippen LogP contribution in [0.5, 0.6) is 0 Å². The summed E-state index contributed by atoms with van der Waals surface area (Å²) in [5.41, 5.74) is 1.14. The number of pyridine rings is 1. The lowest BCUT2D eigenvalue weighted by molar-refractivity contribution is 1.15. The van der Waals surface area contributed by atoms with Crippen LogP contribution in [0.15, 0.2) is 36.9 Å². The predicted octanol–water partition coefficient (Wildman–Crippen LogP) is 3.39. The predicted molar refractivity (Wildman–Crippen MR) is 57.9 cm³/mol. The van der Waals surface area contributed by atoms with Crippen LogP contribution >= 0.6 is 0 Å². The molecule has 13 heavy (non-hydrogen) atoms. The molecule has 0 amide bonds. The SMILES string of the molecule is CC.CC.c1ccn2cncc2c1. The number of hydrogen-bond donors (Lipinski definition) is 0. The molecule has 2 heteroatoms. The molecule has 0 bridgehead atoms. The van der Waals surface area contributed by atoms with Gasteiger partial charge in [-0.1, -0.05) is 33.8 Å². The Kier molecular flexibility index (Phi) is 6.60. The van der Waals surface area contributed by atoms with E-state index < -0.39 is 0 Å². The third-order valence-electron chi connectivity index (χ3n) is 1.32. The van der Waals surface area contributed by atoms with Crippen LogP contribution in [0.25, 0.3) is 5.52 Å². The Bertz CT molecular complexity index is 282. The van der Waals surface area contributed by atoms with Crippen molar-refractivity contribution in [1.82, 2.24) is 9.38 Å². The normalized spacial score (nSPS) is 8.00. The van der Waals surface area contributed by atoms with Crippen LogP contribution < -0.4 is 0 Å². The van der Waals surface area contributed by atoms with E-state index in [1.54, 1.807) is 6.33 Å². The average molecular weight is 178 g/mol. The molecule has 2 aromatic rings. The summed E-state index contributed by atoms with van der Waals surface area (Å²) >= 11 is 0. The molecule has 0 radical (unpaired) electrons. The second-order valence-electron chi connectivity index (χ2n) is 1.93. The lowest BCUT2D eigenvalue weighted by Crippen LogP contribution is -1.75. The third-order valence-corrected chi connectivity index (χ3v) is 1.32. The Hall–Kier alpha value is -1.31. The minimum Gasteiger partial charge on any atom is -0.306 e. The summed E-state index contributed by atoms with van der Waals surface area (Å²) in [5, 5.41) is 0. The van der Waals surface area contributed by atoms with Crippen LogP contribution in [-0.4, -0.2) is 9.38 Å². The highest BCUT2D eigenvalue weighted by Crippen LogP contribution is 1.98. The molecule has 0 aliphatic carbocycles. The molecule has 0 N–H and O–H groups in total. The van der Waals surface area contributed by atoms with Crippen molar-refractivity contribution in [1.29, 1.82) is 0 Å². The highest BCUT2D eigenvalue weighted by Gasteiger charge is 1.85. The van der Waals surface area contributed by atoms with Crippen LogP contribution in [-0.2, 0) is 0 Å². The van der Waals surface area contributed by atoms with Gasteiger partial charge in [0.1, 0.15) is 0 Å². The van der Waals surface area contributed by atoms with Crippen molar-refractivity contribution >= 4 is 5.52 Å². The van der Waals surface area contributed by atoms with Crippen molar-refractivity contribution in [3.8, 4) is 0 Å². The molecule has 0 fully saturated rings. The third kappa shape index (κ3) is 3.28. The van der Waals surface area contributed by atoms with Crippen LogP contribution in [0.1, 0.15) is 27.7 Å². The molecule has 0 aromatic carbocycles. The van der Waals surface area contributed by atoms with Crippen LogP contribution in [0, 0.1) is 0 Å². The van der Waals surface area contributed by atoms with Crippen molar-refractivity contribution < 1.29 is 0 Å². The standard InChI is InChI=1S/C7H6N2.2C2H6/c1-2-4-9-6-8-5-7(9)3-1;2*1-2/h1-6H;2*1-2H3. The Morgan fingerprint density at radius 3 is 2.38 bits per heavy atom. The molecule has 2 heterocycles. The van der Waals surface area contributed by atoms with Gasteiger partial charge >= 0.3 is 0 Å². The molecule has 0 aliphatic rings. The maximum absolute atomic E-state index is 3.96. The fraction of sp³-hybridized carbons (Fsp3) is 0.364. The van der Waals surface area contributed by atoms with E-state index in [9.17, 15) is 0 Å².